The zero-order valence-corrected chi connectivity index (χ0v) is 10.6. The number of rotatable bonds is 2. The Labute approximate surface area is 110 Å². The molecule has 0 fully saturated rings. The summed E-state index contributed by atoms with van der Waals surface area (Å²) in [6.45, 7) is 0. The van der Waals surface area contributed by atoms with E-state index in [1.165, 1.54) is 6.07 Å². The molecule has 18 heavy (non-hydrogen) atoms. The van der Waals surface area contributed by atoms with Gasteiger partial charge in [-0.2, -0.15) is 0 Å². The number of nitrogens with one attached hydrogen (secondary N) is 1. The molecule has 0 spiro atoms. The molecular formula is C12H8BrF3N2. The highest BCUT2D eigenvalue weighted by Crippen LogP contribution is 2.27. The topological polar surface area (TPSA) is 38.0 Å². The number of hydrogen-bond donors (Lipinski definition) is 2. The molecule has 0 bridgehead atoms. The molecule has 0 unspecified atom stereocenters. The Bertz CT molecular complexity index is 559. The van der Waals surface area contributed by atoms with Gasteiger partial charge in [0.15, 0.2) is 11.6 Å². The largest absolute Gasteiger partial charge is 0.399 e. The smallest absolute Gasteiger partial charge is 0.150 e. The molecule has 0 saturated heterocycles. The first-order valence-corrected chi connectivity index (χ1v) is 5.72. The molecule has 0 radical (unpaired) electrons. The first kappa shape index (κ1) is 12.8. The van der Waals surface area contributed by atoms with Gasteiger partial charge in [-0.15, -0.1) is 0 Å². The van der Waals surface area contributed by atoms with Gasteiger partial charge in [0.25, 0.3) is 0 Å². The van der Waals surface area contributed by atoms with Gasteiger partial charge in [-0.3, -0.25) is 0 Å². The van der Waals surface area contributed by atoms with Crippen molar-refractivity contribution in [3.63, 3.8) is 0 Å². The van der Waals surface area contributed by atoms with Crippen molar-refractivity contribution in [3.8, 4) is 0 Å². The molecule has 0 aliphatic rings. The quantitative estimate of drug-likeness (QED) is 0.815. The minimum atomic E-state index is -0.787. The van der Waals surface area contributed by atoms with Crippen LogP contribution in [0.3, 0.4) is 0 Å². The Morgan fingerprint density at radius 1 is 0.944 bits per heavy atom. The van der Waals surface area contributed by atoms with Crippen molar-refractivity contribution in [2.75, 3.05) is 11.1 Å². The highest BCUT2D eigenvalue weighted by Gasteiger charge is 2.11. The highest BCUT2D eigenvalue weighted by atomic mass is 79.9. The summed E-state index contributed by atoms with van der Waals surface area (Å²) in [6, 6.07) is 5.79. The zero-order valence-electron chi connectivity index (χ0n) is 8.98. The minimum Gasteiger partial charge on any atom is -0.399 e. The second-order valence-electron chi connectivity index (χ2n) is 3.64. The summed E-state index contributed by atoms with van der Waals surface area (Å²) in [6.07, 6.45) is 0. The molecule has 0 aromatic heterocycles. The van der Waals surface area contributed by atoms with Crippen molar-refractivity contribution < 1.29 is 13.2 Å². The summed E-state index contributed by atoms with van der Waals surface area (Å²) in [5, 5.41) is 2.46. The van der Waals surface area contributed by atoms with E-state index in [2.05, 4.69) is 21.2 Å². The van der Waals surface area contributed by atoms with E-state index in [-0.39, 0.29) is 21.5 Å². The lowest BCUT2D eigenvalue weighted by Gasteiger charge is -2.10. The Hall–Kier alpha value is -1.69. The second-order valence-corrected chi connectivity index (χ2v) is 4.56. The fraction of sp³-hybridized carbons (Fsp3) is 0. The molecule has 0 aliphatic carbocycles. The molecule has 0 amide bonds. The Balaban J connectivity index is 2.40. The molecule has 0 atom stereocenters. The summed E-state index contributed by atoms with van der Waals surface area (Å²) >= 11 is 2.97. The highest BCUT2D eigenvalue weighted by molar-refractivity contribution is 9.10. The first-order valence-electron chi connectivity index (χ1n) is 4.93. The van der Waals surface area contributed by atoms with Gasteiger partial charge in [-0.05, 0) is 30.3 Å². The molecule has 2 aromatic rings. The lowest BCUT2D eigenvalue weighted by atomic mass is 10.2. The van der Waals surface area contributed by atoms with E-state index in [0.717, 1.165) is 24.3 Å². The third-order valence-corrected chi connectivity index (χ3v) is 2.65. The van der Waals surface area contributed by atoms with Crippen LogP contribution < -0.4 is 11.1 Å². The van der Waals surface area contributed by atoms with Crippen LogP contribution in [0.1, 0.15) is 0 Å². The summed E-state index contributed by atoms with van der Waals surface area (Å²) < 4.78 is 40.4. The maximum atomic E-state index is 13.5. The van der Waals surface area contributed by atoms with Gasteiger partial charge in [0.05, 0.1) is 0 Å². The molecule has 0 heterocycles. The van der Waals surface area contributed by atoms with Gasteiger partial charge < -0.3 is 11.1 Å². The van der Waals surface area contributed by atoms with Crippen LogP contribution in [-0.2, 0) is 0 Å². The minimum absolute atomic E-state index is 0.162. The molecule has 94 valence electrons. The Kier molecular flexibility index (Phi) is 3.47. The number of anilines is 3. The van der Waals surface area contributed by atoms with E-state index in [1.54, 1.807) is 0 Å². The van der Waals surface area contributed by atoms with Crippen LogP contribution in [-0.4, -0.2) is 0 Å². The predicted molar refractivity (Wildman–Crippen MR) is 68.2 cm³/mol. The monoisotopic (exact) mass is 316 g/mol. The van der Waals surface area contributed by atoms with E-state index in [9.17, 15) is 13.2 Å². The normalized spacial score (nSPS) is 10.4. The average Bonchev–Trinajstić information content (AvgIpc) is 2.22. The Morgan fingerprint density at radius 2 is 1.56 bits per heavy atom. The number of benzene rings is 2. The first-order chi connectivity index (χ1) is 8.45. The number of hydrogen-bond acceptors (Lipinski definition) is 2. The maximum Gasteiger partial charge on any atom is 0.150 e. The van der Waals surface area contributed by atoms with Gasteiger partial charge in [0.2, 0.25) is 0 Å². The lowest BCUT2D eigenvalue weighted by Crippen LogP contribution is -1.99. The van der Waals surface area contributed by atoms with Gasteiger partial charge in [0, 0.05) is 15.8 Å². The lowest BCUT2D eigenvalue weighted by molar-refractivity contribution is 0.589. The SMILES string of the molecule is Nc1cc(F)cc(Nc2c(F)cc(Br)cc2F)c1. The fourth-order valence-electron chi connectivity index (χ4n) is 1.49. The van der Waals surface area contributed by atoms with Crippen LogP contribution in [0.5, 0.6) is 0 Å². The van der Waals surface area contributed by atoms with Crippen molar-refractivity contribution in [1.82, 2.24) is 0 Å². The van der Waals surface area contributed by atoms with Crippen molar-refractivity contribution in [2.45, 2.75) is 0 Å². The molecule has 3 N–H and O–H groups in total. The van der Waals surface area contributed by atoms with Crippen molar-refractivity contribution in [1.29, 1.82) is 0 Å². The molecule has 0 saturated carbocycles. The zero-order chi connectivity index (χ0) is 13.3. The summed E-state index contributed by atoms with van der Waals surface area (Å²) in [7, 11) is 0. The van der Waals surface area contributed by atoms with E-state index in [1.807, 2.05) is 0 Å². The molecular weight excluding hydrogens is 309 g/mol. The third kappa shape index (κ3) is 2.76. The van der Waals surface area contributed by atoms with Crippen LogP contribution in [0.25, 0.3) is 0 Å². The molecule has 2 nitrogen and oxygen atoms in total. The second kappa shape index (κ2) is 4.89. The van der Waals surface area contributed by atoms with Crippen LogP contribution in [0.4, 0.5) is 30.2 Å². The van der Waals surface area contributed by atoms with Gasteiger partial charge in [-0.25, -0.2) is 13.2 Å². The van der Waals surface area contributed by atoms with Crippen LogP contribution in [0.15, 0.2) is 34.8 Å². The number of halogens is 4. The van der Waals surface area contributed by atoms with E-state index < -0.39 is 17.5 Å². The average molecular weight is 317 g/mol. The summed E-state index contributed by atoms with van der Waals surface area (Å²) in [5.41, 5.74) is 5.42. The fourth-order valence-corrected chi connectivity index (χ4v) is 1.89. The summed E-state index contributed by atoms with van der Waals surface area (Å²) in [4.78, 5) is 0. The van der Waals surface area contributed by atoms with Crippen molar-refractivity contribution >= 4 is 33.0 Å². The molecule has 2 rings (SSSR count). The van der Waals surface area contributed by atoms with E-state index in [0.29, 0.717) is 0 Å². The van der Waals surface area contributed by atoms with Gasteiger partial charge in [0.1, 0.15) is 11.5 Å². The summed E-state index contributed by atoms with van der Waals surface area (Å²) in [5.74, 6) is -2.16. The number of nitrogens with two attached hydrogens (primary N) is 1. The maximum absolute atomic E-state index is 13.5. The van der Waals surface area contributed by atoms with Crippen LogP contribution >= 0.6 is 15.9 Å². The number of nitrogen functional groups attached to an aromatic ring is 1. The standard InChI is InChI=1S/C12H8BrF3N2/c13-6-1-10(15)12(11(16)2-6)18-9-4-7(14)3-8(17)5-9/h1-5,18H,17H2. The third-order valence-electron chi connectivity index (χ3n) is 2.20. The predicted octanol–water partition coefficient (Wildman–Crippen LogP) is 4.19. The van der Waals surface area contributed by atoms with Crippen molar-refractivity contribution in [2.24, 2.45) is 0 Å². The van der Waals surface area contributed by atoms with Crippen LogP contribution in [0.2, 0.25) is 0 Å². The molecule has 0 aliphatic heterocycles. The van der Waals surface area contributed by atoms with Crippen molar-refractivity contribution in [3.05, 3.63) is 52.3 Å². The van der Waals surface area contributed by atoms with Gasteiger partial charge >= 0.3 is 0 Å². The molecule has 6 heteroatoms. The van der Waals surface area contributed by atoms with E-state index >= 15 is 0 Å². The van der Waals surface area contributed by atoms with Gasteiger partial charge in [-0.1, -0.05) is 15.9 Å². The Morgan fingerprint density at radius 3 is 2.11 bits per heavy atom. The van der Waals surface area contributed by atoms with E-state index in [4.69, 9.17) is 5.73 Å². The molecule has 2 aromatic carbocycles. The van der Waals surface area contributed by atoms with Crippen LogP contribution in [0, 0.1) is 17.5 Å².